The molecule has 1 atom stereocenters. The molecule has 1 aromatic rings. The lowest BCUT2D eigenvalue weighted by molar-refractivity contribution is 0.459. The number of benzene rings is 1. The zero-order chi connectivity index (χ0) is 11.5. The topological polar surface area (TPSA) is 32.3 Å². The molecule has 1 unspecified atom stereocenters. The van der Waals surface area contributed by atoms with Gasteiger partial charge in [0.25, 0.3) is 0 Å². The van der Waals surface area contributed by atoms with Gasteiger partial charge in [0, 0.05) is 0 Å². The van der Waals surface area contributed by atoms with Crippen LogP contribution in [0, 0.1) is 5.92 Å². The number of phenolic OH excluding ortho intramolecular Hbond substituents is 1. The van der Waals surface area contributed by atoms with Crippen molar-refractivity contribution in [1.29, 1.82) is 0 Å². The van der Waals surface area contributed by atoms with E-state index in [1.165, 1.54) is 12.0 Å². The van der Waals surface area contributed by atoms with Crippen LogP contribution in [0.2, 0.25) is 5.02 Å². The van der Waals surface area contributed by atoms with Gasteiger partial charge in [0.05, 0.1) is 5.02 Å². The van der Waals surface area contributed by atoms with Gasteiger partial charge in [-0.25, -0.2) is 0 Å². The van der Waals surface area contributed by atoms with Crippen molar-refractivity contribution >= 4 is 11.6 Å². The maximum Gasteiger partial charge on any atom is 0.137 e. The summed E-state index contributed by atoms with van der Waals surface area (Å²) in [6, 6.07) is 3.94. The third kappa shape index (κ3) is 2.50. The maximum absolute atomic E-state index is 9.93. The molecule has 16 heavy (non-hydrogen) atoms. The van der Waals surface area contributed by atoms with E-state index in [2.05, 4.69) is 18.3 Å². The van der Waals surface area contributed by atoms with Crippen molar-refractivity contribution < 1.29 is 5.11 Å². The second kappa shape index (κ2) is 5.07. The van der Waals surface area contributed by atoms with Crippen molar-refractivity contribution in [2.24, 2.45) is 5.92 Å². The number of phenols is 1. The van der Waals surface area contributed by atoms with E-state index in [9.17, 15) is 5.11 Å². The minimum Gasteiger partial charge on any atom is -0.506 e. The van der Waals surface area contributed by atoms with Crippen LogP contribution in [0.15, 0.2) is 12.1 Å². The highest BCUT2D eigenvalue weighted by Gasteiger charge is 2.17. The Bertz CT molecular complexity index is 372. The SMILES string of the molecule is CCc1cc(Cl)c(O)c(CC2CCNC2)c1. The molecular weight excluding hydrogens is 222 g/mol. The molecule has 0 saturated carbocycles. The molecule has 0 aromatic heterocycles. The third-order valence-corrected chi connectivity index (χ3v) is 3.57. The van der Waals surface area contributed by atoms with Gasteiger partial charge in [-0.15, -0.1) is 0 Å². The zero-order valence-corrected chi connectivity index (χ0v) is 10.3. The number of nitrogens with one attached hydrogen (secondary N) is 1. The van der Waals surface area contributed by atoms with Gasteiger partial charge >= 0.3 is 0 Å². The highest BCUT2D eigenvalue weighted by Crippen LogP contribution is 2.31. The van der Waals surface area contributed by atoms with Crippen molar-refractivity contribution in [2.75, 3.05) is 13.1 Å². The molecular formula is C13H18ClNO. The van der Waals surface area contributed by atoms with E-state index in [1.807, 2.05) is 6.07 Å². The Morgan fingerprint density at radius 1 is 1.50 bits per heavy atom. The standard InChI is InChI=1S/C13H18ClNO/c1-2-9-5-11(13(16)12(14)7-9)6-10-3-4-15-8-10/h5,7,10,15-16H,2-4,6,8H2,1H3. The van der Waals surface area contributed by atoms with Crippen LogP contribution >= 0.6 is 11.6 Å². The maximum atomic E-state index is 9.93. The fraction of sp³-hybridized carbons (Fsp3) is 0.538. The number of aromatic hydroxyl groups is 1. The van der Waals surface area contributed by atoms with Crippen molar-refractivity contribution in [3.8, 4) is 5.75 Å². The molecule has 1 saturated heterocycles. The Balaban J connectivity index is 2.20. The second-order valence-corrected chi connectivity index (χ2v) is 4.91. The number of hydrogen-bond acceptors (Lipinski definition) is 2. The highest BCUT2D eigenvalue weighted by molar-refractivity contribution is 6.32. The summed E-state index contributed by atoms with van der Waals surface area (Å²) in [6.07, 6.45) is 3.07. The first-order valence-corrected chi connectivity index (χ1v) is 6.29. The quantitative estimate of drug-likeness (QED) is 0.850. The van der Waals surface area contributed by atoms with Crippen LogP contribution in [0.3, 0.4) is 0 Å². The first-order valence-electron chi connectivity index (χ1n) is 5.91. The normalized spacial score (nSPS) is 20.2. The lowest BCUT2D eigenvalue weighted by atomic mass is 9.96. The van der Waals surface area contributed by atoms with Gasteiger partial charge in [-0.1, -0.05) is 24.6 Å². The van der Waals surface area contributed by atoms with Gasteiger partial charge in [-0.05, 0) is 55.5 Å². The molecule has 1 aliphatic heterocycles. The van der Waals surface area contributed by atoms with Crippen molar-refractivity contribution in [1.82, 2.24) is 5.32 Å². The van der Waals surface area contributed by atoms with Crippen LogP contribution in [-0.4, -0.2) is 18.2 Å². The number of aryl methyl sites for hydroxylation is 1. The van der Waals surface area contributed by atoms with E-state index in [1.54, 1.807) is 0 Å². The average molecular weight is 240 g/mol. The van der Waals surface area contributed by atoms with Gasteiger partial charge in [0.1, 0.15) is 5.75 Å². The lowest BCUT2D eigenvalue weighted by Gasteiger charge is -2.12. The molecule has 1 fully saturated rings. The fourth-order valence-corrected chi connectivity index (χ4v) is 2.54. The summed E-state index contributed by atoms with van der Waals surface area (Å²) in [7, 11) is 0. The number of halogens is 1. The molecule has 2 rings (SSSR count). The summed E-state index contributed by atoms with van der Waals surface area (Å²) in [4.78, 5) is 0. The molecule has 0 aliphatic carbocycles. The molecule has 88 valence electrons. The van der Waals surface area contributed by atoms with Gasteiger partial charge in [-0.3, -0.25) is 0 Å². The van der Waals surface area contributed by atoms with Gasteiger partial charge in [0.15, 0.2) is 0 Å². The molecule has 2 nitrogen and oxygen atoms in total. The Morgan fingerprint density at radius 3 is 2.94 bits per heavy atom. The summed E-state index contributed by atoms with van der Waals surface area (Å²) < 4.78 is 0. The van der Waals surface area contributed by atoms with Crippen LogP contribution in [0.4, 0.5) is 0 Å². The summed E-state index contributed by atoms with van der Waals surface area (Å²) >= 11 is 6.02. The molecule has 1 aromatic carbocycles. The molecule has 1 heterocycles. The first kappa shape index (κ1) is 11.7. The number of hydrogen-bond donors (Lipinski definition) is 2. The third-order valence-electron chi connectivity index (χ3n) is 3.28. The molecule has 0 amide bonds. The van der Waals surface area contributed by atoms with E-state index < -0.39 is 0 Å². The van der Waals surface area contributed by atoms with E-state index in [0.29, 0.717) is 10.9 Å². The van der Waals surface area contributed by atoms with Gasteiger partial charge in [0.2, 0.25) is 0 Å². The summed E-state index contributed by atoms with van der Waals surface area (Å²) in [5.41, 5.74) is 2.20. The number of rotatable bonds is 3. The van der Waals surface area contributed by atoms with E-state index in [-0.39, 0.29) is 5.75 Å². The van der Waals surface area contributed by atoms with Crippen LogP contribution < -0.4 is 5.32 Å². The van der Waals surface area contributed by atoms with Crippen LogP contribution in [0.5, 0.6) is 5.75 Å². The first-order chi connectivity index (χ1) is 7.70. The van der Waals surface area contributed by atoms with Crippen molar-refractivity contribution in [3.63, 3.8) is 0 Å². The minimum atomic E-state index is 0.269. The van der Waals surface area contributed by atoms with Gasteiger partial charge in [-0.2, -0.15) is 0 Å². The predicted octanol–water partition coefficient (Wildman–Crippen LogP) is 2.76. The van der Waals surface area contributed by atoms with Crippen LogP contribution in [0.1, 0.15) is 24.5 Å². The van der Waals surface area contributed by atoms with E-state index in [4.69, 9.17) is 11.6 Å². The lowest BCUT2D eigenvalue weighted by Crippen LogP contribution is -2.11. The summed E-state index contributed by atoms with van der Waals surface area (Å²) in [5, 5.41) is 13.8. The molecule has 1 aliphatic rings. The highest BCUT2D eigenvalue weighted by atomic mass is 35.5. The Kier molecular flexibility index (Phi) is 3.72. The van der Waals surface area contributed by atoms with Crippen molar-refractivity contribution in [3.05, 3.63) is 28.3 Å². The molecule has 0 bridgehead atoms. The van der Waals surface area contributed by atoms with E-state index in [0.717, 1.165) is 31.5 Å². The minimum absolute atomic E-state index is 0.269. The van der Waals surface area contributed by atoms with Crippen LogP contribution in [0.25, 0.3) is 0 Å². The molecule has 0 spiro atoms. The van der Waals surface area contributed by atoms with E-state index >= 15 is 0 Å². The largest absolute Gasteiger partial charge is 0.506 e. The molecule has 0 radical (unpaired) electrons. The monoisotopic (exact) mass is 239 g/mol. The smallest absolute Gasteiger partial charge is 0.137 e. The Hall–Kier alpha value is -0.730. The van der Waals surface area contributed by atoms with Crippen LogP contribution in [-0.2, 0) is 12.8 Å². The average Bonchev–Trinajstić information content (AvgIpc) is 2.77. The summed E-state index contributed by atoms with van der Waals surface area (Å²) in [5.74, 6) is 0.903. The zero-order valence-electron chi connectivity index (χ0n) is 9.59. The Morgan fingerprint density at radius 2 is 2.31 bits per heavy atom. The Labute approximate surface area is 102 Å². The van der Waals surface area contributed by atoms with Gasteiger partial charge < -0.3 is 10.4 Å². The predicted molar refractivity (Wildman–Crippen MR) is 67.2 cm³/mol. The molecule has 2 N–H and O–H groups in total. The second-order valence-electron chi connectivity index (χ2n) is 4.50. The molecule has 3 heteroatoms. The fourth-order valence-electron chi connectivity index (χ4n) is 2.28. The summed E-state index contributed by atoms with van der Waals surface area (Å²) in [6.45, 7) is 4.24. The van der Waals surface area contributed by atoms with Crippen molar-refractivity contribution in [2.45, 2.75) is 26.2 Å².